The lowest BCUT2D eigenvalue weighted by molar-refractivity contribution is 0.586. The fourth-order valence-corrected chi connectivity index (χ4v) is 2.05. The molecule has 19 heavy (non-hydrogen) atoms. The molecule has 2 aromatic rings. The standard InChI is InChI=1S/C15H20FN3/c1-4-15-12(9-17-11(2)3)10-18-19(15)14-7-5-13(16)6-8-14/h5-8,10-11,17H,4,9H2,1-3H3. The van der Waals surface area contributed by atoms with Gasteiger partial charge in [-0.1, -0.05) is 20.8 Å². The van der Waals surface area contributed by atoms with Crippen molar-refractivity contribution in [2.75, 3.05) is 0 Å². The smallest absolute Gasteiger partial charge is 0.123 e. The van der Waals surface area contributed by atoms with Crippen molar-refractivity contribution < 1.29 is 4.39 Å². The van der Waals surface area contributed by atoms with Crippen LogP contribution < -0.4 is 5.32 Å². The van der Waals surface area contributed by atoms with Crippen LogP contribution in [0.2, 0.25) is 0 Å². The first kappa shape index (κ1) is 13.7. The van der Waals surface area contributed by atoms with Gasteiger partial charge in [-0.25, -0.2) is 9.07 Å². The molecule has 0 saturated carbocycles. The Bertz CT molecular complexity index is 529. The van der Waals surface area contributed by atoms with Gasteiger partial charge in [0.2, 0.25) is 0 Å². The van der Waals surface area contributed by atoms with E-state index < -0.39 is 0 Å². The average Bonchev–Trinajstić information content (AvgIpc) is 2.80. The zero-order valence-corrected chi connectivity index (χ0v) is 11.7. The van der Waals surface area contributed by atoms with Crippen molar-refractivity contribution in [3.8, 4) is 5.69 Å². The number of nitrogens with one attached hydrogen (secondary N) is 1. The first-order valence-electron chi connectivity index (χ1n) is 6.67. The van der Waals surface area contributed by atoms with Crippen molar-refractivity contribution in [1.29, 1.82) is 0 Å². The first-order chi connectivity index (χ1) is 9.11. The van der Waals surface area contributed by atoms with Gasteiger partial charge in [0.1, 0.15) is 5.82 Å². The van der Waals surface area contributed by atoms with Crippen molar-refractivity contribution in [2.24, 2.45) is 0 Å². The Morgan fingerprint density at radius 3 is 2.53 bits per heavy atom. The monoisotopic (exact) mass is 261 g/mol. The lowest BCUT2D eigenvalue weighted by atomic mass is 10.2. The SMILES string of the molecule is CCc1c(CNC(C)C)cnn1-c1ccc(F)cc1. The van der Waals surface area contributed by atoms with Gasteiger partial charge in [0.05, 0.1) is 11.9 Å². The van der Waals surface area contributed by atoms with E-state index in [2.05, 4.69) is 31.2 Å². The second-order valence-electron chi connectivity index (χ2n) is 4.89. The maximum absolute atomic E-state index is 13.0. The Morgan fingerprint density at radius 2 is 1.95 bits per heavy atom. The van der Waals surface area contributed by atoms with E-state index in [-0.39, 0.29) is 5.82 Å². The summed E-state index contributed by atoms with van der Waals surface area (Å²) in [5, 5.41) is 7.82. The number of hydrogen-bond donors (Lipinski definition) is 1. The first-order valence-corrected chi connectivity index (χ1v) is 6.67. The van der Waals surface area contributed by atoms with E-state index in [1.165, 1.54) is 23.4 Å². The van der Waals surface area contributed by atoms with Crippen LogP contribution in [0.5, 0.6) is 0 Å². The molecule has 0 amide bonds. The van der Waals surface area contributed by atoms with Gasteiger partial charge in [-0.15, -0.1) is 0 Å². The highest BCUT2D eigenvalue weighted by atomic mass is 19.1. The topological polar surface area (TPSA) is 29.9 Å². The van der Waals surface area contributed by atoms with Crippen LogP contribution in [0.15, 0.2) is 30.5 Å². The lowest BCUT2D eigenvalue weighted by Gasteiger charge is -2.10. The minimum atomic E-state index is -0.226. The number of benzene rings is 1. The lowest BCUT2D eigenvalue weighted by Crippen LogP contribution is -2.22. The molecule has 0 aliphatic heterocycles. The average molecular weight is 261 g/mol. The van der Waals surface area contributed by atoms with E-state index in [1.807, 2.05) is 10.9 Å². The maximum atomic E-state index is 13.0. The van der Waals surface area contributed by atoms with Crippen LogP contribution in [0.25, 0.3) is 5.69 Å². The number of hydrogen-bond acceptors (Lipinski definition) is 2. The highest BCUT2D eigenvalue weighted by molar-refractivity contribution is 5.35. The molecule has 102 valence electrons. The molecule has 0 spiro atoms. The van der Waals surface area contributed by atoms with Gasteiger partial charge in [-0.2, -0.15) is 5.10 Å². The minimum absolute atomic E-state index is 0.226. The number of aromatic nitrogens is 2. The minimum Gasteiger partial charge on any atom is -0.310 e. The van der Waals surface area contributed by atoms with E-state index in [0.717, 1.165) is 18.7 Å². The molecule has 0 aliphatic rings. The predicted octanol–water partition coefficient (Wildman–Crippen LogP) is 3.07. The molecule has 1 N–H and O–H groups in total. The van der Waals surface area contributed by atoms with E-state index in [0.29, 0.717) is 6.04 Å². The van der Waals surface area contributed by atoms with Crippen molar-refractivity contribution in [3.05, 3.63) is 47.5 Å². The Morgan fingerprint density at radius 1 is 1.26 bits per heavy atom. The number of rotatable bonds is 5. The van der Waals surface area contributed by atoms with E-state index in [4.69, 9.17) is 0 Å². The van der Waals surface area contributed by atoms with Gasteiger partial charge in [0, 0.05) is 23.8 Å². The van der Waals surface area contributed by atoms with Crippen molar-refractivity contribution in [2.45, 2.75) is 39.8 Å². The zero-order valence-electron chi connectivity index (χ0n) is 11.7. The molecule has 0 fully saturated rings. The predicted molar refractivity (Wildman–Crippen MR) is 74.9 cm³/mol. The summed E-state index contributed by atoms with van der Waals surface area (Å²) in [4.78, 5) is 0. The molecule has 0 aliphatic carbocycles. The Hall–Kier alpha value is -1.68. The van der Waals surface area contributed by atoms with Crippen LogP contribution in [-0.4, -0.2) is 15.8 Å². The molecular weight excluding hydrogens is 241 g/mol. The van der Waals surface area contributed by atoms with Crippen LogP contribution in [0.3, 0.4) is 0 Å². The number of nitrogens with zero attached hydrogens (tertiary/aromatic N) is 2. The highest BCUT2D eigenvalue weighted by Gasteiger charge is 2.10. The summed E-state index contributed by atoms with van der Waals surface area (Å²) in [5.41, 5.74) is 3.26. The molecule has 0 radical (unpaired) electrons. The van der Waals surface area contributed by atoms with E-state index in [1.54, 1.807) is 12.1 Å². The Balaban J connectivity index is 2.28. The largest absolute Gasteiger partial charge is 0.310 e. The molecule has 0 bridgehead atoms. The molecule has 1 aromatic heterocycles. The van der Waals surface area contributed by atoms with E-state index in [9.17, 15) is 4.39 Å². The molecule has 0 atom stereocenters. The summed E-state index contributed by atoms with van der Waals surface area (Å²) >= 11 is 0. The quantitative estimate of drug-likeness (QED) is 0.896. The van der Waals surface area contributed by atoms with Crippen molar-refractivity contribution >= 4 is 0 Å². The van der Waals surface area contributed by atoms with Crippen LogP contribution in [0.4, 0.5) is 4.39 Å². The van der Waals surface area contributed by atoms with Crippen LogP contribution in [-0.2, 0) is 13.0 Å². The maximum Gasteiger partial charge on any atom is 0.123 e. The molecule has 0 unspecified atom stereocenters. The third kappa shape index (κ3) is 3.20. The van der Waals surface area contributed by atoms with Gasteiger partial charge >= 0.3 is 0 Å². The summed E-state index contributed by atoms with van der Waals surface area (Å²) in [6.45, 7) is 7.16. The molecule has 2 rings (SSSR count). The normalized spacial score (nSPS) is 11.2. The van der Waals surface area contributed by atoms with Crippen LogP contribution >= 0.6 is 0 Å². The fourth-order valence-electron chi connectivity index (χ4n) is 2.05. The van der Waals surface area contributed by atoms with Crippen LogP contribution in [0.1, 0.15) is 32.0 Å². The summed E-state index contributed by atoms with van der Waals surface area (Å²) in [5.74, 6) is -0.226. The fraction of sp³-hybridized carbons (Fsp3) is 0.400. The van der Waals surface area contributed by atoms with Gasteiger partial charge in [-0.3, -0.25) is 0 Å². The second kappa shape index (κ2) is 5.97. The Kier molecular flexibility index (Phi) is 4.32. The third-order valence-corrected chi connectivity index (χ3v) is 3.06. The Labute approximate surface area is 113 Å². The summed E-state index contributed by atoms with van der Waals surface area (Å²) in [7, 11) is 0. The van der Waals surface area contributed by atoms with Crippen LogP contribution in [0, 0.1) is 5.82 Å². The summed E-state index contributed by atoms with van der Waals surface area (Å²) in [6.07, 6.45) is 2.78. The molecule has 1 aromatic carbocycles. The van der Waals surface area contributed by atoms with Gasteiger partial charge in [0.25, 0.3) is 0 Å². The van der Waals surface area contributed by atoms with E-state index >= 15 is 0 Å². The van der Waals surface area contributed by atoms with Gasteiger partial charge in [-0.05, 0) is 30.7 Å². The number of halogens is 1. The summed E-state index contributed by atoms with van der Waals surface area (Å²) in [6, 6.07) is 6.87. The second-order valence-corrected chi connectivity index (χ2v) is 4.89. The van der Waals surface area contributed by atoms with Gasteiger partial charge < -0.3 is 5.32 Å². The van der Waals surface area contributed by atoms with Crippen molar-refractivity contribution in [3.63, 3.8) is 0 Å². The molecule has 1 heterocycles. The van der Waals surface area contributed by atoms with Gasteiger partial charge in [0.15, 0.2) is 0 Å². The third-order valence-electron chi connectivity index (χ3n) is 3.06. The van der Waals surface area contributed by atoms with Crippen molar-refractivity contribution in [1.82, 2.24) is 15.1 Å². The highest BCUT2D eigenvalue weighted by Crippen LogP contribution is 2.16. The molecule has 3 nitrogen and oxygen atoms in total. The molecule has 4 heteroatoms. The molecular formula is C15H20FN3. The summed E-state index contributed by atoms with van der Waals surface area (Å²) < 4.78 is 14.8. The zero-order chi connectivity index (χ0) is 13.8. The molecule has 0 saturated heterocycles.